The Balaban J connectivity index is 1.77. The minimum absolute atomic E-state index is 0.00990. The topological polar surface area (TPSA) is 76.7 Å². The zero-order chi connectivity index (χ0) is 19.6. The first-order chi connectivity index (χ1) is 13.0. The second-order valence-corrected chi connectivity index (χ2v) is 6.34. The van der Waals surface area contributed by atoms with E-state index in [-0.39, 0.29) is 24.3 Å². The number of carbonyl (C=O) groups excluding carboxylic acids is 2. The Bertz CT molecular complexity index is 757. The van der Waals surface area contributed by atoms with Crippen molar-refractivity contribution in [1.29, 1.82) is 0 Å². The third kappa shape index (κ3) is 7.01. The largest absolute Gasteiger partial charge is 0.497 e. The molecule has 27 heavy (non-hydrogen) atoms. The molecule has 2 rings (SSSR count). The number of carbonyl (C=O) groups is 2. The Morgan fingerprint density at radius 1 is 1.00 bits per heavy atom. The highest BCUT2D eigenvalue weighted by Crippen LogP contribution is 2.24. The van der Waals surface area contributed by atoms with Gasteiger partial charge in [-0.25, -0.2) is 0 Å². The first-order valence-corrected chi connectivity index (χ1v) is 8.93. The Kier molecular flexibility index (Phi) is 7.67. The van der Waals surface area contributed by atoms with Crippen molar-refractivity contribution < 1.29 is 19.1 Å². The lowest BCUT2D eigenvalue weighted by molar-refractivity contribution is -0.126. The Morgan fingerprint density at radius 3 is 2.37 bits per heavy atom. The standard InChI is InChI=1S/C21H26N2O4/c1-15(2)27-19-7-5-4-6-18(19)23-21(25)14-20(24)22-13-12-16-8-10-17(26-3)11-9-16/h4-11,15H,12-14H2,1-3H3,(H,22,24)(H,23,25). The highest BCUT2D eigenvalue weighted by atomic mass is 16.5. The summed E-state index contributed by atoms with van der Waals surface area (Å²) in [4.78, 5) is 24.1. The Morgan fingerprint density at radius 2 is 1.70 bits per heavy atom. The van der Waals surface area contributed by atoms with Crippen LogP contribution in [-0.4, -0.2) is 31.6 Å². The van der Waals surface area contributed by atoms with Crippen molar-refractivity contribution in [2.24, 2.45) is 0 Å². The lowest BCUT2D eigenvalue weighted by Gasteiger charge is -2.14. The van der Waals surface area contributed by atoms with Crippen LogP contribution in [0.2, 0.25) is 0 Å². The van der Waals surface area contributed by atoms with Crippen LogP contribution >= 0.6 is 0 Å². The monoisotopic (exact) mass is 370 g/mol. The highest BCUT2D eigenvalue weighted by molar-refractivity contribution is 6.04. The van der Waals surface area contributed by atoms with Crippen molar-refractivity contribution >= 4 is 17.5 Å². The first kappa shape index (κ1) is 20.3. The molecule has 2 amide bonds. The fourth-order valence-corrected chi connectivity index (χ4v) is 2.47. The maximum Gasteiger partial charge on any atom is 0.233 e. The SMILES string of the molecule is COc1ccc(CCNC(=O)CC(=O)Nc2ccccc2OC(C)C)cc1. The van der Waals surface area contributed by atoms with Gasteiger partial charge in [-0.05, 0) is 50.1 Å². The number of rotatable bonds is 9. The highest BCUT2D eigenvalue weighted by Gasteiger charge is 2.12. The molecule has 0 unspecified atom stereocenters. The molecule has 2 N–H and O–H groups in total. The second-order valence-electron chi connectivity index (χ2n) is 6.34. The van der Waals surface area contributed by atoms with Gasteiger partial charge in [-0.15, -0.1) is 0 Å². The first-order valence-electron chi connectivity index (χ1n) is 8.93. The summed E-state index contributed by atoms with van der Waals surface area (Å²) in [5.41, 5.74) is 1.64. The van der Waals surface area contributed by atoms with Crippen LogP contribution in [0, 0.1) is 0 Å². The van der Waals surface area contributed by atoms with Crippen LogP contribution in [0.15, 0.2) is 48.5 Å². The molecule has 2 aromatic rings. The minimum Gasteiger partial charge on any atom is -0.497 e. The van der Waals surface area contributed by atoms with E-state index in [1.165, 1.54) is 0 Å². The van der Waals surface area contributed by atoms with E-state index in [9.17, 15) is 9.59 Å². The van der Waals surface area contributed by atoms with Crippen LogP contribution in [0.3, 0.4) is 0 Å². The lowest BCUT2D eigenvalue weighted by atomic mass is 10.1. The van der Waals surface area contributed by atoms with Gasteiger partial charge in [0.25, 0.3) is 0 Å². The number of para-hydroxylation sites is 2. The van der Waals surface area contributed by atoms with Crippen molar-refractivity contribution in [2.45, 2.75) is 32.8 Å². The second kappa shape index (κ2) is 10.2. The van der Waals surface area contributed by atoms with Gasteiger partial charge < -0.3 is 20.1 Å². The van der Waals surface area contributed by atoms with E-state index in [1.54, 1.807) is 25.3 Å². The van der Waals surface area contributed by atoms with Gasteiger partial charge in [0.1, 0.15) is 17.9 Å². The number of ether oxygens (including phenoxy) is 2. The van der Waals surface area contributed by atoms with E-state index in [0.29, 0.717) is 24.4 Å². The normalized spacial score (nSPS) is 10.4. The number of anilines is 1. The van der Waals surface area contributed by atoms with Crippen molar-refractivity contribution in [2.75, 3.05) is 19.0 Å². The molecule has 0 aliphatic carbocycles. The summed E-state index contributed by atoms with van der Waals surface area (Å²) in [6.07, 6.45) is 0.436. The maximum atomic E-state index is 12.1. The van der Waals surface area contributed by atoms with Gasteiger partial charge in [0.2, 0.25) is 11.8 Å². The number of benzene rings is 2. The molecule has 0 heterocycles. The van der Waals surface area contributed by atoms with Gasteiger partial charge in [-0.1, -0.05) is 24.3 Å². The average molecular weight is 370 g/mol. The Hall–Kier alpha value is -3.02. The minimum atomic E-state index is -0.378. The molecule has 6 nitrogen and oxygen atoms in total. The van der Waals surface area contributed by atoms with E-state index in [1.807, 2.05) is 44.2 Å². The van der Waals surface area contributed by atoms with E-state index < -0.39 is 0 Å². The molecule has 0 aliphatic rings. The van der Waals surface area contributed by atoms with Gasteiger partial charge in [-0.3, -0.25) is 9.59 Å². The predicted octanol–water partition coefficient (Wildman–Crippen LogP) is 3.17. The molecule has 6 heteroatoms. The fraction of sp³-hybridized carbons (Fsp3) is 0.333. The van der Waals surface area contributed by atoms with Crippen LogP contribution in [0.5, 0.6) is 11.5 Å². The van der Waals surface area contributed by atoms with Crippen LogP contribution in [0.1, 0.15) is 25.8 Å². The molecule has 0 bridgehead atoms. The summed E-state index contributed by atoms with van der Waals surface area (Å²) >= 11 is 0. The zero-order valence-electron chi connectivity index (χ0n) is 16.0. The van der Waals surface area contributed by atoms with Crippen LogP contribution in [0.25, 0.3) is 0 Å². The molecule has 0 saturated carbocycles. The van der Waals surface area contributed by atoms with Gasteiger partial charge in [0.15, 0.2) is 0 Å². The smallest absolute Gasteiger partial charge is 0.233 e. The van der Waals surface area contributed by atoms with E-state index >= 15 is 0 Å². The van der Waals surface area contributed by atoms with Crippen molar-refractivity contribution in [3.8, 4) is 11.5 Å². The van der Waals surface area contributed by atoms with Gasteiger partial charge in [-0.2, -0.15) is 0 Å². The van der Waals surface area contributed by atoms with Crippen LogP contribution < -0.4 is 20.1 Å². The van der Waals surface area contributed by atoms with Crippen molar-refractivity contribution in [3.05, 3.63) is 54.1 Å². The summed E-state index contributed by atoms with van der Waals surface area (Å²) in [5, 5.41) is 5.49. The molecule has 0 radical (unpaired) electrons. The molecule has 0 fully saturated rings. The molecule has 0 spiro atoms. The van der Waals surface area contributed by atoms with Crippen LogP contribution in [-0.2, 0) is 16.0 Å². The molecule has 0 aliphatic heterocycles. The van der Waals surface area contributed by atoms with Crippen molar-refractivity contribution in [1.82, 2.24) is 5.32 Å². The molecule has 0 atom stereocenters. The Labute approximate surface area is 159 Å². The average Bonchev–Trinajstić information content (AvgIpc) is 2.63. The molecular formula is C21H26N2O4. The van der Waals surface area contributed by atoms with Crippen molar-refractivity contribution in [3.63, 3.8) is 0 Å². The number of amides is 2. The van der Waals surface area contributed by atoms with Gasteiger partial charge in [0, 0.05) is 6.54 Å². The van der Waals surface area contributed by atoms with Crippen LogP contribution in [0.4, 0.5) is 5.69 Å². The third-order valence-corrected chi connectivity index (χ3v) is 3.74. The molecule has 0 aromatic heterocycles. The van der Waals surface area contributed by atoms with E-state index in [4.69, 9.17) is 9.47 Å². The fourth-order valence-electron chi connectivity index (χ4n) is 2.47. The molecular weight excluding hydrogens is 344 g/mol. The number of methoxy groups -OCH3 is 1. The summed E-state index contributed by atoms with van der Waals surface area (Å²) in [6.45, 7) is 4.29. The van der Waals surface area contributed by atoms with Gasteiger partial charge in [0.05, 0.1) is 18.9 Å². The van der Waals surface area contributed by atoms with E-state index in [2.05, 4.69) is 10.6 Å². The predicted molar refractivity (Wildman–Crippen MR) is 105 cm³/mol. The molecule has 0 saturated heterocycles. The maximum absolute atomic E-state index is 12.1. The quantitative estimate of drug-likeness (QED) is 0.665. The number of hydrogen-bond donors (Lipinski definition) is 2. The summed E-state index contributed by atoms with van der Waals surface area (Å²) < 4.78 is 10.8. The van der Waals surface area contributed by atoms with Gasteiger partial charge >= 0.3 is 0 Å². The zero-order valence-corrected chi connectivity index (χ0v) is 16.0. The van der Waals surface area contributed by atoms with E-state index in [0.717, 1.165) is 11.3 Å². The summed E-state index contributed by atoms with van der Waals surface area (Å²) in [6, 6.07) is 14.8. The number of hydrogen-bond acceptors (Lipinski definition) is 4. The third-order valence-electron chi connectivity index (χ3n) is 3.74. The summed E-state index contributed by atoms with van der Waals surface area (Å²) in [7, 11) is 1.62. The lowest BCUT2D eigenvalue weighted by Crippen LogP contribution is -2.29. The number of nitrogens with one attached hydrogen (secondary N) is 2. The molecule has 144 valence electrons. The molecule has 2 aromatic carbocycles. The summed E-state index contributed by atoms with van der Waals surface area (Å²) in [5.74, 6) is 0.682.